The van der Waals surface area contributed by atoms with Crippen LogP contribution in [-0.2, 0) is 6.42 Å². The number of carboxylic acids is 1. The number of carbonyl (C=O) groups is 1. The summed E-state index contributed by atoms with van der Waals surface area (Å²) in [6.45, 7) is 6.26. The van der Waals surface area contributed by atoms with E-state index in [0.717, 1.165) is 11.5 Å². The summed E-state index contributed by atoms with van der Waals surface area (Å²) in [6.07, 6.45) is 2.27. The molecule has 2 aromatic rings. The Labute approximate surface area is 112 Å². The average molecular weight is 258 g/mol. The topological polar surface area (TPSA) is 55.1 Å². The van der Waals surface area contributed by atoms with Gasteiger partial charge in [-0.1, -0.05) is 32.9 Å². The summed E-state index contributed by atoms with van der Waals surface area (Å²) < 4.78 is 1.84. The quantitative estimate of drug-likeness (QED) is 0.915. The summed E-state index contributed by atoms with van der Waals surface area (Å²) in [5.74, 6) is 0.249. The third kappa shape index (κ3) is 2.67. The minimum atomic E-state index is -0.993. The zero-order chi connectivity index (χ0) is 14.0. The molecule has 1 aromatic heterocycles. The maximum atomic E-state index is 11.0. The van der Waals surface area contributed by atoms with Crippen molar-refractivity contribution in [3.63, 3.8) is 0 Å². The molecule has 0 saturated heterocycles. The average Bonchev–Trinajstić information content (AvgIpc) is 2.83. The highest BCUT2D eigenvalue weighted by Crippen LogP contribution is 2.19. The fourth-order valence-corrected chi connectivity index (χ4v) is 2.01. The minimum absolute atomic E-state index is 0.0878. The number of benzene rings is 1. The number of aryl methyl sites for hydroxylation is 1. The van der Waals surface area contributed by atoms with Crippen LogP contribution >= 0.6 is 0 Å². The molecule has 0 radical (unpaired) electrons. The number of nitrogens with zero attached hydrogens (tertiary/aromatic N) is 2. The standard InChI is InChI=1S/C15H18N2O2/c1-4-14-16-13(15(18)19)9-17(14)12-7-5-11(6-8-12)10(2)3/h5-10H,4H2,1-3H3,(H,18,19). The number of hydrogen-bond acceptors (Lipinski definition) is 2. The molecule has 0 amide bonds. The Morgan fingerprint density at radius 3 is 2.42 bits per heavy atom. The van der Waals surface area contributed by atoms with Crippen LogP contribution in [0.5, 0.6) is 0 Å². The highest BCUT2D eigenvalue weighted by atomic mass is 16.4. The summed E-state index contributed by atoms with van der Waals surface area (Å²) in [5, 5.41) is 9.01. The molecule has 0 saturated carbocycles. The van der Waals surface area contributed by atoms with Crippen LogP contribution in [-0.4, -0.2) is 20.6 Å². The molecule has 0 fully saturated rings. The van der Waals surface area contributed by atoms with E-state index in [1.807, 2.05) is 23.6 Å². The molecule has 0 aliphatic carbocycles. The summed E-state index contributed by atoms with van der Waals surface area (Å²) in [4.78, 5) is 15.1. The molecule has 4 nitrogen and oxygen atoms in total. The lowest BCUT2D eigenvalue weighted by molar-refractivity contribution is 0.0691. The van der Waals surface area contributed by atoms with Crippen molar-refractivity contribution in [2.75, 3.05) is 0 Å². The smallest absolute Gasteiger partial charge is 0.356 e. The molecule has 0 bridgehead atoms. The number of aromatic carboxylic acids is 1. The third-order valence-corrected chi connectivity index (χ3v) is 3.15. The maximum Gasteiger partial charge on any atom is 0.356 e. The molecule has 0 aliphatic heterocycles. The van der Waals surface area contributed by atoms with Crippen molar-refractivity contribution in [2.24, 2.45) is 0 Å². The maximum absolute atomic E-state index is 11.0. The van der Waals surface area contributed by atoms with Gasteiger partial charge in [0.1, 0.15) is 5.82 Å². The fourth-order valence-electron chi connectivity index (χ4n) is 2.01. The van der Waals surface area contributed by atoms with Gasteiger partial charge < -0.3 is 9.67 Å². The summed E-state index contributed by atoms with van der Waals surface area (Å²) in [6, 6.07) is 8.14. The second-order valence-corrected chi connectivity index (χ2v) is 4.82. The van der Waals surface area contributed by atoms with Gasteiger partial charge in [0.05, 0.1) is 0 Å². The van der Waals surface area contributed by atoms with Crippen molar-refractivity contribution in [1.82, 2.24) is 9.55 Å². The molecular formula is C15H18N2O2. The molecule has 1 N–H and O–H groups in total. The zero-order valence-corrected chi connectivity index (χ0v) is 11.4. The van der Waals surface area contributed by atoms with Crippen LogP contribution in [0.25, 0.3) is 5.69 Å². The van der Waals surface area contributed by atoms with Crippen molar-refractivity contribution in [3.05, 3.63) is 47.5 Å². The Morgan fingerprint density at radius 1 is 1.32 bits per heavy atom. The van der Waals surface area contributed by atoms with Crippen molar-refractivity contribution >= 4 is 5.97 Å². The molecule has 1 heterocycles. The van der Waals surface area contributed by atoms with E-state index in [1.54, 1.807) is 6.20 Å². The van der Waals surface area contributed by atoms with E-state index in [9.17, 15) is 4.79 Å². The van der Waals surface area contributed by atoms with Gasteiger partial charge in [0.15, 0.2) is 5.69 Å². The molecule has 0 atom stereocenters. The van der Waals surface area contributed by atoms with E-state index < -0.39 is 5.97 Å². The first kappa shape index (κ1) is 13.3. The number of carboxylic acid groups (broad SMARTS) is 1. The van der Waals surface area contributed by atoms with Crippen LogP contribution in [0.2, 0.25) is 0 Å². The van der Waals surface area contributed by atoms with Gasteiger partial charge in [-0.25, -0.2) is 9.78 Å². The lowest BCUT2D eigenvalue weighted by Gasteiger charge is -2.09. The third-order valence-electron chi connectivity index (χ3n) is 3.15. The van der Waals surface area contributed by atoms with Gasteiger partial charge in [-0.3, -0.25) is 0 Å². The van der Waals surface area contributed by atoms with Gasteiger partial charge in [0.25, 0.3) is 0 Å². The molecular weight excluding hydrogens is 240 g/mol. The van der Waals surface area contributed by atoms with Gasteiger partial charge in [-0.2, -0.15) is 0 Å². The molecule has 4 heteroatoms. The fraction of sp³-hybridized carbons (Fsp3) is 0.333. The summed E-state index contributed by atoms with van der Waals surface area (Å²) >= 11 is 0. The first-order chi connectivity index (χ1) is 9.02. The lowest BCUT2D eigenvalue weighted by atomic mass is 10.0. The van der Waals surface area contributed by atoms with Crippen LogP contribution in [0.1, 0.15) is 48.6 Å². The molecule has 2 rings (SSSR count). The van der Waals surface area contributed by atoms with E-state index in [0.29, 0.717) is 12.3 Å². The Kier molecular flexibility index (Phi) is 3.69. The Morgan fingerprint density at radius 2 is 1.95 bits per heavy atom. The normalized spacial score (nSPS) is 10.9. The molecule has 0 aliphatic rings. The molecule has 1 aromatic carbocycles. The highest BCUT2D eigenvalue weighted by Gasteiger charge is 2.13. The number of hydrogen-bond donors (Lipinski definition) is 1. The van der Waals surface area contributed by atoms with Gasteiger partial charge in [0, 0.05) is 18.3 Å². The monoisotopic (exact) mass is 258 g/mol. The lowest BCUT2D eigenvalue weighted by Crippen LogP contribution is -1.99. The first-order valence-electron chi connectivity index (χ1n) is 6.44. The van der Waals surface area contributed by atoms with E-state index in [4.69, 9.17) is 5.11 Å². The van der Waals surface area contributed by atoms with Crippen LogP contribution in [0.15, 0.2) is 30.5 Å². The van der Waals surface area contributed by atoms with Gasteiger partial charge in [-0.05, 0) is 23.6 Å². The predicted octanol–water partition coefficient (Wildman–Crippen LogP) is 3.26. The number of rotatable bonds is 4. The molecule has 0 spiro atoms. The van der Waals surface area contributed by atoms with E-state index >= 15 is 0 Å². The second kappa shape index (κ2) is 5.26. The second-order valence-electron chi connectivity index (χ2n) is 4.82. The van der Waals surface area contributed by atoms with Gasteiger partial charge in [-0.15, -0.1) is 0 Å². The van der Waals surface area contributed by atoms with Crippen LogP contribution in [0.4, 0.5) is 0 Å². The Balaban J connectivity index is 2.43. The van der Waals surface area contributed by atoms with Gasteiger partial charge in [0.2, 0.25) is 0 Å². The number of imidazole rings is 1. The van der Waals surface area contributed by atoms with Crippen LogP contribution in [0, 0.1) is 0 Å². The van der Waals surface area contributed by atoms with E-state index in [-0.39, 0.29) is 5.69 Å². The summed E-state index contributed by atoms with van der Waals surface area (Å²) in [5.41, 5.74) is 2.30. The largest absolute Gasteiger partial charge is 0.476 e. The predicted molar refractivity (Wildman–Crippen MR) is 74.0 cm³/mol. The SMILES string of the molecule is CCc1nc(C(=O)O)cn1-c1ccc(C(C)C)cc1. The van der Waals surface area contributed by atoms with Crippen molar-refractivity contribution in [2.45, 2.75) is 33.1 Å². The Bertz CT molecular complexity index is 583. The molecule has 0 unspecified atom stereocenters. The zero-order valence-electron chi connectivity index (χ0n) is 11.4. The van der Waals surface area contributed by atoms with Crippen LogP contribution < -0.4 is 0 Å². The van der Waals surface area contributed by atoms with Crippen molar-refractivity contribution in [1.29, 1.82) is 0 Å². The van der Waals surface area contributed by atoms with E-state index in [2.05, 4.69) is 31.0 Å². The molecule has 100 valence electrons. The first-order valence-corrected chi connectivity index (χ1v) is 6.44. The van der Waals surface area contributed by atoms with Crippen LogP contribution in [0.3, 0.4) is 0 Å². The van der Waals surface area contributed by atoms with Crippen molar-refractivity contribution in [3.8, 4) is 5.69 Å². The summed E-state index contributed by atoms with van der Waals surface area (Å²) in [7, 11) is 0. The minimum Gasteiger partial charge on any atom is -0.476 e. The van der Waals surface area contributed by atoms with E-state index in [1.165, 1.54) is 5.56 Å². The van der Waals surface area contributed by atoms with Gasteiger partial charge >= 0.3 is 5.97 Å². The van der Waals surface area contributed by atoms with Crippen molar-refractivity contribution < 1.29 is 9.90 Å². The molecule has 19 heavy (non-hydrogen) atoms. The highest BCUT2D eigenvalue weighted by molar-refractivity contribution is 5.85. The number of aromatic nitrogens is 2. The Hall–Kier alpha value is -2.10.